The largest absolute Gasteiger partial charge is 0.360 e. The number of hydrogen-bond donors (Lipinski definition) is 0. The van der Waals surface area contributed by atoms with Crippen molar-refractivity contribution < 1.29 is 4.52 Å². The molecule has 0 amide bonds. The number of aryl methyl sites for hydroxylation is 1. The maximum absolute atomic E-state index is 5.27. The normalized spacial score (nSPS) is 14.4. The summed E-state index contributed by atoms with van der Waals surface area (Å²) in [4.78, 5) is 0. The fourth-order valence-electron chi connectivity index (χ4n) is 2.42. The van der Waals surface area contributed by atoms with Crippen LogP contribution < -0.4 is 0 Å². The molecule has 0 unspecified atom stereocenters. The molecular formula is C16H16N4OS. The highest BCUT2D eigenvalue weighted by atomic mass is 32.2. The molecule has 3 aromatic rings. The van der Waals surface area contributed by atoms with Crippen LogP contribution in [0.3, 0.4) is 0 Å². The zero-order valence-electron chi connectivity index (χ0n) is 12.3. The minimum Gasteiger partial charge on any atom is -0.360 e. The van der Waals surface area contributed by atoms with E-state index in [0.29, 0.717) is 11.7 Å². The molecule has 2 aromatic heterocycles. The van der Waals surface area contributed by atoms with Crippen molar-refractivity contribution in [3.8, 4) is 5.69 Å². The van der Waals surface area contributed by atoms with Gasteiger partial charge in [-0.3, -0.25) is 4.57 Å². The van der Waals surface area contributed by atoms with E-state index in [9.17, 15) is 0 Å². The summed E-state index contributed by atoms with van der Waals surface area (Å²) in [6.45, 7) is 1.93. The Labute approximate surface area is 132 Å². The summed E-state index contributed by atoms with van der Waals surface area (Å²) in [5.74, 6) is 3.19. The summed E-state index contributed by atoms with van der Waals surface area (Å²) < 4.78 is 7.44. The van der Waals surface area contributed by atoms with Gasteiger partial charge in [-0.2, -0.15) is 0 Å². The smallest absolute Gasteiger partial charge is 0.196 e. The molecule has 22 heavy (non-hydrogen) atoms. The molecule has 1 aromatic carbocycles. The molecule has 0 saturated heterocycles. The van der Waals surface area contributed by atoms with Crippen molar-refractivity contribution in [2.45, 2.75) is 36.6 Å². The van der Waals surface area contributed by atoms with Crippen molar-refractivity contribution in [1.82, 2.24) is 19.9 Å². The third-order valence-corrected chi connectivity index (χ3v) is 4.59. The van der Waals surface area contributed by atoms with Gasteiger partial charge >= 0.3 is 0 Å². The third kappa shape index (κ3) is 2.66. The van der Waals surface area contributed by atoms with Crippen molar-refractivity contribution in [3.63, 3.8) is 0 Å². The zero-order valence-corrected chi connectivity index (χ0v) is 13.1. The van der Waals surface area contributed by atoms with Crippen LogP contribution in [0.15, 0.2) is 46.1 Å². The molecule has 0 bridgehead atoms. The minimum atomic E-state index is 0.551. The van der Waals surface area contributed by atoms with E-state index in [4.69, 9.17) is 4.52 Å². The van der Waals surface area contributed by atoms with Crippen LogP contribution in [0.1, 0.15) is 36.0 Å². The van der Waals surface area contributed by atoms with Crippen LogP contribution >= 0.6 is 11.8 Å². The van der Waals surface area contributed by atoms with Gasteiger partial charge in [0.25, 0.3) is 0 Å². The first kappa shape index (κ1) is 13.6. The Bertz CT molecular complexity index is 777. The Balaban J connectivity index is 1.64. The Kier molecular flexibility index (Phi) is 3.46. The molecule has 4 rings (SSSR count). The lowest BCUT2D eigenvalue weighted by Gasteiger charge is -2.09. The van der Waals surface area contributed by atoms with Crippen molar-refractivity contribution >= 4 is 11.8 Å². The number of para-hydroxylation sites is 1. The topological polar surface area (TPSA) is 56.7 Å². The van der Waals surface area contributed by atoms with Crippen LogP contribution in [0, 0.1) is 6.92 Å². The zero-order chi connectivity index (χ0) is 14.9. The van der Waals surface area contributed by atoms with E-state index in [2.05, 4.69) is 32.1 Å². The highest BCUT2D eigenvalue weighted by Gasteiger charge is 2.31. The molecule has 0 aliphatic heterocycles. The molecule has 1 aliphatic rings. The van der Waals surface area contributed by atoms with E-state index in [1.54, 1.807) is 11.8 Å². The quantitative estimate of drug-likeness (QED) is 0.672. The van der Waals surface area contributed by atoms with Gasteiger partial charge in [0.15, 0.2) is 5.16 Å². The van der Waals surface area contributed by atoms with Crippen LogP contribution in [-0.4, -0.2) is 19.9 Å². The molecule has 6 heteroatoms. The summed E-state index contributed by atoms with van der Waals surface area (Å²) in [6.07, 6.45) is 2.41. The van der Waals surface area contributed by atoms with Gasteiger partial charge in [-0.05, 0) is 31.9 Å². The first-order valence-corrected chi connectivity index (χ1v) is 8.35. The lowest BCUT2D eigenvalue weighted by molar-refractivity contribution is 0.391. The van der Waals surface area contributed by atoms with Crippen LogP contribution in [0.5, 0.6) is 0 Å². The standard InChI is InChI=1S/C16H16N4OS/c1-11-9-14(21-19-11)10-22-16-18-17-15(12-7-8-12)20(16)13-5-3-2-4-6-13/h2-6,9,12H,7-8,10H2,1H3. The highest BCUT2D eigenvalue weighted by molar-refractivity contribution is 7.98. The molecule has 0 spiro atoms. The second-order valence-electron chi connectivity index (χ2n) is 5.51. The number of rotatable bonds is 5. The van der Waals surface area contributed by atoms with Crippen LogP contribution in [0.4, 0.5) is 0 Å². The van der Waals surface area contributed by atoms with Crippen molar-refractivity contribution in [1.29, 1.82) is 0 Å². The third-order valence-electron chi connectivity index (χ3n) is 3.64. The average molecular weight is 312 g/mol. The van der Waals surface area contributed by atoms with Gasteiger partial charge < -0.3 is 4.52 Å². The fraction of sp³-hybridized carbons (Fsp3) is 0.312. The predicted octanol–water partition coefficient (Wildman–Crippen LogP) is 3.73. The van der Waals surface area contributed by atoms with Gasteiger partial charge in [-0.1, -0.05) is 35.1 Å². The first-order chi connectivity index (χ1) is 10.8. The average Bonchev–Trinajstić information content (AvgIpc) is 3.17. The Morgan fingerprint density at radius 2 is 2.05 bits per heavy atom. The van der Waals surface area contributed by atoms with E-state index in [0.717, 1.165) is 28.1 Å². The van der Waals surface area contributed by atoms with Crippen LogP contribution in [0.2, 0.25) is 0 Å². The van der Waals surface area contributed by atoms with Gasteiger partial charge in [0, 0.05) is 17.7 Å². The Hall–Kier alpha value is -2.08. The van der Waals surface area contributed by atoms with Crippen LogP contribution in [0.25, 0.3) is 5.69 Å². The summed E-state index contributed by atoms with van der Waals surface area (Å²) in [7, 11) is 0. The Morgan fingerprint density at radius 3 is 2.73 bits per heavy atom. The van der Waals surface area contributed by atoms with Gasteiger partial charge in [0.2, 0.25) is 0 Å². The van der Waals surface area contributed by atoms with E-state index in [1.165, 1.54) is 12.8 Å². The van der Waals surface area contributed by atoms with E-state index in [1.807, 2.05) is 31.2 Å². The molecule has 1 aliphatic carbocycles. The van der Waals surface area contributed by atoms with Crippen molar-refractivity contribution in [2.24, 2.45) is 0 Å². The predicted molar refractivity (Wildman–Crippen MR) is 84.1 cm³/mol. The lowest BCUT2D eigenvalue weighted by atomic mass is 10.3. The molecule has 2 heterocycles. The monoisotopic (exact) mass is 312 g/mol. The molecule has 5 nitrogen and oxygen atoms in total. The number of thioether (sulfide) groups is 1. The van der Waals surface area contributed by atoms with Gasteiger partial charge in [-0.15, -0.1) is 10.2 Å². The second-order valence-corrected chi connectivity index (χ2v) is 6.45. The lowest BCUT2D eigenvalue weighted by Crippen LogP contribution is -2.01. The molecule has 112 valence electrons. The number of hydrogen-bond acceptors (Lipinski definition) is 5. The molecule has 0 atom stereocenters. The second kappa shape index (κ2) is 5.61. The number of benzene rings is 1. The van der Waals surface area contributed by atoms with Crippen molar-refractivity contribution in [2.75, 3.05) is 0 Å². The van der Waals surface area contributed by atoms with Gasteiger partial charge in [0.05, 0.1) is 11.4 Å². The number of nitrogens with zero attached hydrogens (tertiary/aromatic N) is 4. The Morgan fingerprint density at radius 1 is 1.23 bits per heavy atom. The van der Waals surface area contributed by atoms with E-state index in [-0.39, 0.29) is 0 Å². The van der Waals surface area contributed by atoms with E-state index >= 15 is 0 Å². The van der Waals surface area contributed by atoms with Gasteiger partial charge in [-0.25, -0.2) is 0 Å². The maximum atomic E-state index is 5.27. The van der Waals surface area contributed by atoms with Gasteiger partial charge in [0.1, 0.15) is 11.6 Å². The van der Waals surface area contributed by atoms with E-state index < -0.39 is 0 Å². The molecule has 0 N–H and O–H groups in total. The maximum Gasteiger partial charge on any atom is 0.196 e. The SMILES string of the molecule is Cc1cc(CSc2nnc(C3CC3)n2-c2ccccc2)on1. The summed E-state index contributed by atoms with van der Waals surface area (Å²) in [5, 5.41) is 13.6. The van der Waals surface area contributed by atoms with Crippen molar-refractivity contribution in [3.05, 3.63) is 53.7 Å². The van der Waals surface area contributed by atoms with Crippen LogP contribution in [-0.2, 0) is 5.75 Å². The molecular weight excluding hydrogens is 296 g/mol. The summed E-state index contributed by atoms with van der Waals surface area (Å²) in [5.41, 5.74) is 2.02. The summed E-state index contributed by atoms with van der Waals surface area (Å²) >= 11 is 1.63. The summed E-state index contributed by atoms with van der Waals surface area (Å²) in [6, 6.07) is 12.3. The fourth-order valence-corrected chi connectivity index (χ4v) is 3.25. The minimum absolute atomic E-state index is 0.551. The molecule has 1 saturated carbocycles. The molecule has 0 radical (unpaired) electrons. The molecule has 1 fully saturated rings. The first-order valence-electron chi connectivity index (χ1n) is 7.37. The number of aromatic nitrogens is 4. The highest BCUT2D eigenvalue weighted by Crippen LogP contribution is 2.41.